The highest BCUT2D eigenvalue weighted by Crippen LogP contribution is 2.20. The van der Waals surface area contributed by atoms with Gasteiger partial charge in [-0.15, -0.1) is 0 Å². The number of Topliss-reactive ketones (excluding diaryl/α,β-unsaturated/α-hetero) is 1. The third kappa shape index (κ3) is 4.93. The number of thioether (sulfide) groups is 1. The lowest BCUT2D eigenvalue weighted by molar-refractivity contribution is 0.0696. The number of hydrogen-bond acceptors (Lipinski definition) is 7. The minimum Gasteiger partial charge on any atom is -0.478 e. The smallest absolute Gasteiger partial charge is 0.335 e. The van der Waals surface area contributed by atoms with E-state index in [1.807, 2.05) is 6.07 Å². The molecule has 1 aromatic heterocycles. The SMILES string of the molecule is N#Cc1ccc(C(=O)CSc2nccc(Nc3ccc(C(=O)O)cc3)n2)cc1. The van der Waals surface area contributed by atoms with Crippen LogP contribution in [0.2, 0.25) is 0 Å². The average molecular weight is 390 g/mol. The van der Waals surface area contributed by atoms with Crippen molar-refractivity contribution in [1.29, 1.82) is 5.26 Å². The molecule has 0 atom stereocenters. The van der Waals surface area contributed by atoms with Gasteiger partial charge in [0.05, 0.1) is 22.9 Å². The van der Waals surface area contributed by atoms with Crippen LogP contribution in [0.15, 0.2) is 66.0 Å². The number of rotatable bonds is 7. The van der Waals surface area contributed by atoms with E-state index in [4.69, 9.17) is 10.4 Å². The molecule has 1 heterocycles. The van der Waals surface area contributed by atoms with Gasteiger partial charge in [-0.05, 0) is 42.5 Å². The van der Waals surface area contributed by atoms with Crippen molar-refractivity contribution in [3.8, 4) is 6.07 Å². The van der Waals surface area contributed by atoms with Crippen molar-refractivity contribution in [2.24, 2.45) is 0 Å². The predicted molar refractivity (Wildman–Crippen MR) is 105 cm³/mol. The van der Waals surface area contributed by atoms with Gasteiger partial charge < -0.3 is 10.4 Å². The minimum absolute atomic E-state index is 0.0827. The van der Waals surface area contributed by atoms with Gasteiger partial charge in [0.25, 0.3) is 0 Å². The minimum atomic E-state index is -0.987. The fraction of sp³-hybridized carbons (Fsp3) is 0.0500. The van der Waals surface area contributed by atoms with Crippen LogP contribution in [-0.2, 0) is 0 Å². The van der Waals surface area contributed by atoms with Crippen molar-refractivity contribution in [3.63, 3.8) is 0 Å². The van der Waals surface area contributed by atoms with Crippen LogP contribution in [0.1, 0.15) is 26.3 Å². The second-order valence-corrected chi connectivity index (χ2v) is 6.58. The highest BCUT2D eigenvalue weighted by atomic mass is 32.2. The van der Waals surface area contributed by atoms with E-state index in [1.54, 1.807) is 48.7 Å². The first-order valence-electron chi connectivity index (χ1n) is 8.15. The van der Waals surface area contributed by atoms with Crippen LogP contribution in [0, 0.1) is 11.3 Å². The second-order valence-electron chi connectivity index (χ2n) is 5.63. The van der Waals surface area contributed by atoms with Gasteiger partial charge in [0.2, 0.25) is 0 Å². The summed E-state index contributed by atoms with van der Waals surface area (Å²) in [7, 11) is 0. The van der Waals surface area contributed by atoms with Gasteiger partial charge in [-0.25, -0.2) is 14.8 Å². The van der Waals surface area contributed by atoms with Crippen LogP contribution in [0.25, 0.3) is 0 Å². The van der Waals surface area contributed by atoms with Gasteiger partial charge in [-0.1, -0.05) is 23.9 Å². The highest BCUT2D eigenvalue weighted by Gasteiger charge is 2.09. The van der Waals surface area contributed by atoms with Crippen molar-refractivity contribution in [2.75, 3.05) is 11.1 Å². The number of anilines is 2. The molecule has 2 aromatic carbocycles. The van der Waals surface area contributed by atoms with E-state index in [0.717, 1.165) is 0 Å². The third-order valence-corrected chi connectivity index (χ3v) is 4.57. The summed E-state index contributed by atoms with van der Waals surface area (Å²) < 4.78 is 0. The first-order valence-corrected chi connectivity index (χ1v) is 9.13. The molecule has 0 saturated heterocycles. The predicted octanol–water partition coefficient (Wildman–Crippen LogP) is 3.77. The van der Waals surface area contributed by atoms with E-state index < -0.39 is 5.97 Å². The Hall–Kier alpha value is -3.70. The van der Waals surface area contributed by atoms with Gasteiger partial charge >= 0.3 is 5.97 Å². The number of carbonyl (C=O) groups excluding carboxylic acids is 1. The lowest BCUT2D eigenvalue weighted by Gasteiger charge is -2.07. The zero-order valence-corrected chi connectivity index (χ0v) is 15.3. The average Bonchev–Trinajstić information content (AvgIpc) is 2.73. The molecule has 0 saturated carbocycles. The van der Waals surface area contributed by atoms with E-state index >= 15 is 0 Å². The summed E-state index contributed by atoms with van der Waals surface area (Å²) in [5.74, 6) is -0.367. The molecule has 8 heteroatoms. The van der Waals surface area contributed by atoms with Crippen LogP contribution in [-0.4, -0.2) is 32.6 Å². The first kappa shape index (κ1) is 19.1. The van der Waals surface area contributed by atoms with E-state index in [9.17, 15) is 9.59 Å². The fourth-order valence-corrected chi connectivity index (χ4v) is 2.99. The molecular weight excluding hydrogens is 376 g/mol. The summed E-state index contributed by atoms with van der Waals surface area (Å²) in [6.07, 6.45) is 1.58. The van der Waals surface area contributed by atoms with Gasteiger partial charge in [0.15, 0.2) is 10.9 Å². The first-order chi connectivity index (χ1) is 13.5. The Morgan fingerprint density at radius 2 is 1.71 bits per heavy atom. The number of nitriles is 1. The molecule has 0 amide bonds. The number of aromatic nitrogens is 2. The number of carboxylic acid groups (broad SMARTS) is 1. The zero-order chi connectivity index (χ0) is 19.9. The zero-order valence-electron chi connectivity index (χ0n) is 14.5. The van der Waals surface area contributed by atoms with Crippen molar-refractivity contribution in [1.82, 2.24) is 9.97 Å². The number of benzene rings is 2. The molecule has 0 aliphatic carbocycles. The van der Waals surface area contributed by atoms with Crippen LogP contribution in [0.4, 0.5) is 11.5 Å². The maximum absolute atomic E-state index is 12.3. The number of ketones is 1. The monoisotopic (exact) mass is 390 g/mol. The Kier molecular flexibility index (Phi) is 5.99. The van der Waals surface area contributed by atoms with Crippen molar-refractivity contribution < 1.29 is 14.7 Å². The molecule has 138 valence electrons. The molecule has 0 radical (unpaired) electrons. The molecule has 3 aromatic rings. The molecule has 7 nitrogen and oxygen atoms in total. The maximum Gasteiger partial charge on any atom is 0.335 e. The number of hydrogen-bond donors (Lipinski definition) is 2. The molecule has 0 aliphatic heterocycles. The molecular formula is C20H14N4O3S. The third-order valence-electron chi connectivity index (χ3n) is 3.71. The molecule has 0 fully saturated rings. The molecule has 0 unspecified atom stereocenters. The number of carboxylic acids is 1. The quantitative estimate of drug-likeness (QED) is 0.356. The van der Waals surface area contributed by atoms with Crippen molar-refractivity contribution >= 4 is 35.0 Å². The van der Waals surface area contributed by atoms with E-state index in [-0.39, 0.29) is 17.1 Å². The Morgan fingerprint density at radius 1 is 1.04 bits per heavy atom. The number of aromatic carboxylic acids is 1. The summed E-state index contributed by atoms with van der Waals surface area (Å²) in [6.45, 7) is 0. The van der Waals surface area contributed by atoms with Crippen LogP contribution in [0.5, 0.6) is 0 Å². The van der Waals surface area contributed by atoms with Gasteiger partial charge in [0, 0.05) is 17.4 Å². The van der Waals surface area contributed by atoms with Crippen LogP contribution >= 0.6 is 11.8 Å². The van der Waals surface area contributed by atoms with Gasteiger partial charge in [0.1, 0.15) is 5.82 Å². The maximum atomic E-state index is 12.3. The van der Waals surface area contributed by atoms with Gasteiger partial charge in [-0.2, -0.15) is 5.26 Å². The topological polar surface area (TPSA) is 116 Å². The molecule has 28 heavy (non-hydrogen) atoms. The van der Waals surface area contributed by atoms with Crippen molar-refractivity contribution in [3.05, 3.63) is 77.5 Å². The van der Waals surface area contributed by atoms with Crippen LogP contribution in [0.3, 0.4) is 0 Å². The number of carbonyl (C=O) groups is 2. The number of nitrogens with one attached hydrogen (secondary N) is 1. The summed E-state index contributed by atoms with van der Waals surface area (Å²) in [5.41, 5.74) is 1.92. The Bertz CT molecular complexity index is 1040. The van der Waals surface area contributed by atoms with Gasteiger partial charge in [-0.3, -0.25) is 4.79 Å². The molecule has 3 rings (SSSR count). The Balaban J connectivity index is 1.62. The number of nitrogens with zero attached hydrogens (tertiary/aromatic N) is 3. The second kappa shape index (κ2) is 8.79. The fourth-order valence-electron chi connectivity index (χ4n) is 2.27. The summed E-state index contributed by atoms with van der Waals surface area (Å²) in [5, 5.41) is 21.2. The molecule has 0 bridgehead atoms. The highest BCUT2D eigenvalue weighted by molar-refractivity contribution is 7.99. The van der Waals surface area contributed by atoms with E-state index in [0.29, 0.717) is 27.8 Å². The molecule has 0 spiro atoms. The molecule has 2 N–H and O–H groups in total. The van der Waals surface area contributed by atoms with E-state index in [1.165, 1.54) is 23.9 Å². The summed E-state index contributed by atoms with van der Waals surface area (Å²) in [6, 6.07) is 16.4. The summed E-state index contributed by atoms with van der Waals surface area (Å²) >= 11 is 1.21. The standard InChI is InChI=1S/C20H14N4O3S/c21-11-13-1-3-14(4-2-13)17(25)12-28-20-22-10-9-18(24-20)23-16-7-5-15(6-8-16)19(26)27/h1-10H,12H2,(H,26,27)(H,22,23,24). The Labute approximate surface area is 165 Å². The van der Waals surface area contributed by atoms with Crippen molar-refractivity contribution in [2.45, 2.75) is 5.16 Å². The van der Waals surface area contributed by atoms with Crippen LogP contribution < -0.4 is 5.32 Å². The molecule has 0 aliphatic rings. The van der Waals surface area contributed by atoms with E-state index in [2.05, 4.69) is 15.3 Å². The lowest BCUT2D eigenvalue weighted by Crippen LogP contribution is -2.03. The Morgan fingerprint density at radius 3 is 2.36 bits per heavy atom. The largest absolute Gasteiger partial charge is 0.478 e. The normalized spacial score (nSPS) is 10.1. The summed E-state index contributed by atoms with van der Waals surface area (Å²) in [4.78, 5) is 31.6. The lowest BCUT2D eigenvalue weighted by atomic mass is 10.1.